The molecule has 1 aliphatic heterocycles. The number of unbranched alkanes of at least 4 members (excludes halogenated alkanes) is 10. The van der Waals surface area contributed by atoms with E-state index in [0.717, 1.165) is 70.6 Å². The summed E-state index contributed by atoms with van der Waals surface area (Å²) in [6.45, 7) is 3.20. The predicted molar refractivity (Wildman–Crippen MR) is 233 cm³/mol. The number of aliphatic hydroxyl groups is 4. The Labute approximate surface area is 350 Å². The van der Waals surface area contributed by atoms with Crippen LogP contribution in [0.1, 0.15) is 149 Å². The Hall–Kier alpha value is -3.12. The van der Waals surface area contributed by atoms with E-state index >= 15 is 0 Å². The molecule has 58 heavy (non-hydrogen) atoms. The second-order valence-electron chi connectivity index (χ2n) is 14.8. The van der Waals surface area contributed by atoms with Gasteiger partial charge in [-0.2, -0.15) is 0 Å². The highest BCUT2D eigenvalue weighted by molar-refractivity contribution is 5.70. The van der Waals surface area contributed by atoms with Crippen molar-refractivity contribution in [1.82, 2.24) is 0 Å². The maximum absolute atomic E-state index is 12.7. The zero-order valence-electron chi connectivity index (χ0n) is 35.8. The standard InChI is InChI=1S/C48H78O10/c1-3-5-7-9-11-13-15-17-19-21-23-25-27-29-31-33-35-37-44(51)57-41(40-56-48-47(54)46(53)45(52)42(38-49)58-48)39-55-43(50)36-34-32-30-28-26-24-22-20-18-16-14-12-10-8-6-4-2/h5,7,11,13-14,16-17,19-20,22-23,25,29,31,41-42,45-49,52-54H,3-4,6,8-10,12,15,18,21,24,26-28,30,32-40H2,1-2H3/b7-5-,13-11-,16-14-,19-17-,22-20-,25-23-,31-29-. The van der Waals surface area contributed by atoms with Gasteiger partial charge in [0, 0.05) is 12.8 Å². The van der Waals surface area contributed by atoms with Crippen molar-refractivity contribution in [2.75, 3.05) is 19.8 Å². The number of ether oxygens (including phenoxy) is 4. The number of rotatable bonds is 35. The van der Waals surface area contributed by atoms with E-state index in [0.29, 0.717) is 19.3 Å². The smallest absolute Gasteiger partial charge is 0.306 e. The van der Waals surface area contributed by atoms with Gasteiger partial charge in [-0.05, 0) is 83.5 Å². The summed E-state index contributed by atoms with van der Waals surface area (Å²) >= 11 is 0. The maximum Gasteiger partial charge on any atom is 0.306 e. The van der Waals surface area contributed by atoms with Crippen LogP contribution in [0.15, 0.2) is 85.1 Å². The van der Waals surface area contributed by atoms with Gasteiger partial charge in [-0.15, -0.1) is 0 Å². The van der Waals surface area contributed by atoms with Crippen molar-refractivity contribution >= 4 is 11.9 Å². The number of hydrogen-bond acceptors (Lipinski definition) is 10. The molecule has 10 nitrogen and oxygen atoms in total. The zero-order chi connectivity index (χ0) is 42.3. The molecule has 1 rings (SSSR count). The molecule has 0 aromatic carbocycles. The van der Waals surface area contributed by atoms with Crippen molar-refractivity contribution in [3.05, 3.63) is 85.1 Å². The molecule has 0 radical (unpaired) electrons. The Kier molecular flexibility index (Phi) is 34.8. The van der Waals surface area contributed by atoms with Gasteiger partial charge in [-0.25, -0.2) is 0 Å². The molecule has 0 bridgehead atoms. The minimum absolute atomic E-state index is 0.144. The lowest BCUT2D eigenvalue weighted by Crippen LogP contribution is -2.59. The van der Waals surface area contributed by atoms with Gasteiger partial charge in [0.25, 0.3) is 0 Å². The molecule has 0 aromatic heterocycles. The molecule has 6 unspecified atom stereocenters. The summed E-state index contributed by atoms with van der Waals surface area (Å²) in [6.07, 6.45) is 41.6. The second-order valence-corrected chi connectivity index (χ2v) is 14.8. The zero-order valence-corrected chi connectivity index (χ0v) is 35.8. The number of hydrogen-bond donors (Lipinski definition) is 4. The van der Waals surface area contributed by atoms with Crippen LogP contribution in [0.5, 0.6) is 0 Å². The Balaban J connectivity index is 2.41. The van der Waals surface area contributed by atoms with E-state index in [-0.39, 0.29) is 26.1 Å². The molecule has 1 saturated heterocycles. The summed E-state index contributed by atoms with van der Waals surface area (Å²) in [6, 6.07) is 0. The molecular formula is C48H78O10. The Bertz CT molecular complexity index is 1220. The van der Waals surface area contributed by atoms with Crippen molar-refractivity contribution in [1.29, 1.82) is 0 Å². The first-order valence-electron chi connectivity index (χ1n) is 22.2. The van der Waals surface area contributed by atoms with Crippen LogP contribution >= 0.6 is 0 Å². The fourth-order valence-corrected chi connectivity index (χ4v) is 6.02. The van der Waals surface area contributed by atoms with Crippen LogP contribution in [0.2, 0.25) is 0 Å². The van der Waals surface area contributed by atoms with Crippen LogP contribution < -0.4 is 0 Å². The highest BCUT2D eigenvalue weighted by Gasteiger charge is 2.44. The normalized spacial score (nSPS) is 21.0. The summed E-state index contributed by atoms with van der Waals surface area (Å²) in [7, 11) is 0. The molecule has 1 fully saturated rings. The molecule has 0 spiro atoms. The molecule has 6 atom stereocenters. The first-order chi connectivity index (χ1) is 28.3. The van der Waals surface area contributed by atoms with E-state index in [9.17, 15) is 30.0 Å². The molecule has 0 aliphatic carbocycles. The summed E-state index contributed by atoms with van der Waals surface area (Å²) in [5.41, 5.74) is 0. The lowest BCUT2D eigenvalue weighted by atomic mass is 9.99. The third kappa shape index (κ3) is 29.1. The Morgan fingerprint density at radius 2 is 1.03 bits per heavy atom. The molecule has 0 saturated carbocycles. The van der Waals surface area contributed by atoms with Crippen LogP contribution in [-0.4, -0.2) is 89.0 Å². The molecule has 10 heteroatoms. The first kappa shape index (κ1) is 52.9. The maximum atomic E-state index is 12.7. The lowest BCUT2D eigenvalue weighted by Gasteiger charge is -2.39. The number of carbonyl (C=O) groups excluding carboxylic acids is 2. The topological polar surface area (TPSA) is 152 Å². The molecule has 0 aromatic rings. The third-order valence-electron chi connectivity index (χ3n) is 9.51. The Morgan fingerprint density at radius 1 is 0.552 bits per heavy atom. The monoisotopic (exact) mass is 815 g/mol. The Morgan fingerprint density at radius 3 is 1.59 bits per heavy atom. The van der Waals surface area contributed by atoms with E-state index < -0.39 is 55.4 Å². The van der Waals surface area contributed by atoms with Crippen molar-refractivity contribution in [2.45, 2.75) is 185 Å². The molecule has 330 valence electrons. The second kappa shape index (κ2) is 38.1. The van der Waals surface area contributed by atoms with Crippen molar-refractivity contribution in [2.24, 2.45) is 0 Å². The number of aliphatic hydroxyl groups excluding tert-OH is 4. The summed E-state index contributed by atoms with van der Waals surface area (Å²) in [5.74, 6) is -0.899. The van der Waals surface area contributed by atoms with E-state index in [4.69, 9.17) is 18.9 Å². The third-order valence-corrected chi connectivity index (χ3v) is 9.51. The van der Waals surface area contributed by atoms with Gasteiger partial charge in [0.1, 0.15) is 31.0 Å². The van der Waals surface area contributed by atoms with Gasteiger partial charge < -0.3 is 39.4 Å². The highest BCUT2D eigenvalue weighted by atomic mass is 16.7. The average molecular weight is 815 g/mol. The molecule has 4 N–H and O–H groups in total. The summed E-state index contributed by atoms with van der Waals surface area (Å²) in [5, 5.41) is 40.1. The average Bonchev–Trinajstić information content (AvgIpc) is 3.22. The largest absolute Gasteiger partial charge is 0.462 e. The fourth-order valence-electron chi connectivity index (χ4n) is 6.02. The molecule has 0 amide bonds. The SMILES string of the molecule is CC/C=C\C/C=C\C/C=C\C/C=C\C/C=C\CCCC(=O)OC(COC(=O)CCCCCCC/C=C\C/C=C\CCCCCC)COC1OC(CO)C(O)C(O)C1O. The van der Waals surface area contributed by atoms with Crippen molar-refractivity contribution < 1.29 is 49.0 Å². The highest BCUT2D eigenvalue weighted by Crippen LogP contribution is 2.22. The summed E-state index contributed by atoms with van der Waals surface area (Å²) in [4.78, 5) is 25.3. The van der Waals surface area contributed by atoms with Gasteiger partial charge in [-0.1, -0.05) is 137 Å². The minimum Gasteiger partial charge on any atom is -0.462 e. The van der Waals surface area contributed by atoms with Crippen molar-refractivity contribution in [3.63, 3.8) is 0 Å². The van der Waals surface area contributed by atoms with E-state index in [1.807, 2.05) is 6.08 Å². The molecule has 1 heterocycles. The fraction of sp³-hybridized carbons (Fsp3) is 0.667. The van der Waals surface area contributed by atoms with Crippen LogP contribution in [0, 0.1) is 0 Å². The lowest BCUT2D eigenvalue weighted by molar-refractivity contribution is -0.305. The number of esters is 2. The predicted octanol–water partition coefficient (Wildman–Crippen LogP) is 9.38. The molecule has 1 aliphatic rings. The van der Waals surface area contributed by atoms with Gasteiger partial charge in [-0.3, -0.25) is 9.59 Å². The van der Waals surface area contributed by atoms with Crippen LogP contribution in [0.25, 0.3) is 0 Å². The van der Waals surface area contributed by atoms with E-state index in [1.165, 1.54) is 32.1 Å². The number of carbonyl (C=O) groups is 2. The van der Waals surface area contributed by atoms with Gasteiger partial charge in [0.05, 0.1) is 13.2 Å². The quantitative estimate of drug-likeness (QED) is 0.0277. The van der Waals surface area contributed by atoms with Crippen LogP contribution in [-0.2, 0) is 28.5 Å². The van der Waals surface area contributed by atoms with E-state index in [1.54, 1.807) is 0 Å². The van der Waals surface area contributed by atoms with Crippen LogP contribution in [0.4, 0.5) is 0 Å². The summed E-state index contributed by atoms with van der Waals surface area (Å²) < 4.78 is 22.1. The number of allylic oxidation sites excluding steroid dienone is 14. The van der Waals surface area contributed by atoms with Crippen molar-refractivity contribution in [3.8, 4) is 0 Å². The first-order valence-corrected chi connectivity index (χ1v) is 22.2. The van der Waals surface area contributed by atoms with Gasteiger partial charge in [0.15, 0.2) is 12.4 Å². The van der Waals surface area contributed by atoms with E-state index in [2.05, 4.69) is 92.8 Å². The van der Waals surface area contributed by atoms with Crippen LogP contribution in [0.3, 0.4) is 0 Å². The molecular weight excluding hydrogens is 737 g/mol. The van der Waals surface area contributed by atoms with Gasteiger partial charge in [0.2, 0.25) is 0 Å². The minimum atomic E-state index is -1.61. The van der Waals surface area contributed by atoms with Gasteiger partial charge >= 0.3 is 11.9 Å².